The van der Waals surface area contributed by atoms with Gasteiger partial charge in [-0.25, -0.2) is 0 Å². The topological polar surface area (TPSA) is 72.3 Å². The van der Waals surface area contributed by atoms with E-state index in [1.165, 1.54) is 0 Å². The molecule has 0 unspecified atom stereocenters. The van der Waals surface area contributed by atoms with Gasteiger partial charge in [0.05, 0.1) is 6.10 Å². The van der Waals surface area contributed by atoms with Crippen LogP contribution in [0.15, 0.2) is 24.3 Å². The number of aromatic nitrogens is 3. The lowest BCUT2D eigenvalue weighted by Gasteiger charge is -2.23. The number of rotatable bonds is 7. The minimum atomic E-state index is -0.195. The standard InChI is InChI=1S/C19H27N5O2/c1-4-24(13-17-9-6-10-26-17)12-15-7-5-8-16(11-15)18(25)21-19-20-14(2)23(3)22-19/h5,7-8,11,17H,4,6,9-10,12-13H2,1-3H3,(H,21,22,25)/t17-/m0/s1. The molecule has 1 aromatic heterocycles. The van der Waals surface area contributed by atoms with Gasteiger partial charge in [0, 0.05) is 32.3 Å². The second kappa shape index (κ2) is 8.42. The van der Waals surface area contributed by atoms with Gasteiger partial charge in [0.1, 0.15) is 5.82 Å². The Balaban J connectivity index is 1.63. The van der Waals surface area contributed by atoms with Crippen molar-refractivity contribution >= 4 is 11.9 Å². The molecule has 1 aromatic carbocycles. The molecule has 1 aliphatic rings. The maximum atomic E-state index is 12.5. The minimum absolute atomic E-state index is 0.195. The fourth-order valence-corrected chi connectivity index (χ4v) is 3.14. The third kappa shape index (κ3) is 4.68. The summed E-state index contributed by atoms with van der Waals surface area (Å²) in [6.45, 7) is 7.56. The van der Waals surface area contributed by atoms with E-state index < -0.39 is 0 Å². The van der Waals surface area contributed by atoms with Crippen LogP contribution in [-0.2, 0) is 18.3 Å². The van der Waals surface area contributed by atoms with Gasteiger partial charge in [0.25, 0.3) is 5.91 Å². The van der Waals surface area contributed by atoms with Crippen LogP contribution in [0.2, 0.25) is 0 Å². The van der Waals surface area contributed by atoms with Crippen LogP contribution in [0.3, 0.4) is 0 Å². The SMILES string of the molecule is CCN(Cc1cccc(C(=O)Nc2nc(C)n(C)n2)c1)C[C@@H]1CCCO1. The van der Waals surface area contributed by atoms with E-state index in [2.05, 4.69) is 33.3 Å². The molecule has 0 radical (unpaired) electrons. The second-order valence-electron chi connectivity index (χ2n) is 6.72. The molecular formula is C19H27N5O2. The molecule has 1 amide bonds. The molecule has 0 bridgehead atoms. The Morgan fingerprint density at radius 3 is 2.96 bits per heavy atom. The molecule has 0 spiro atoms. The summed E-state index contributed by atoms with van der Waals surface area (Å²) in [4.78, 5) is 19.1. The number of likely N-dealkylation sites (N-methyl/N-ethyl adjacent to an activating group) is 1. The van der Waals surface area contributed by atoms with Crippen LogP contribution in [-0.4, -0.2) is 51.4 Å². The van der Waals surface area contributed by atoms with E-state index in [4.69, 9.17) is 4.74 Å². The van der Waals surface area contributed by atoms with Crippen LogP contribution < -0.4 is 5.32 Å². The van der Waals surface area contributed by atoms with E-state index in [1.54, 1.807) is 11.7 Å². The number of hydrogen-bond donors (Lipinski definition) is 1. The van der Waals surface area contributed by atoms with Crippen LogP contribution in [0.1, 0.15) is 41.5 Å². The fraction of sp³-hybridized carbons (Fsp3) is 0.526. The van der Waals surface area contributed by atoms with E-state index >= 15 is 0 Å². The highest BCUT2D eigenvalue weighted by Crippen LogP contribution is 2.16. The normalized spacial score (nSPS) is 17.0. The summed E-state index contributed by atoms with van der Waals surface area (Å²) in [5.74, 6) is 0.885. The predicted octanol–water partition coefficient (Wildman–Crippen LogP) is 2.38. The lowest BCUT2D eigenvalue weighted by molar-refractivity contribution is 0.0724. The number of hydrogen-bond acceptors (Lipinski definition) is 5. The Morgan fingerprint density at radius 2 is 2.31 bits per heavy atom. The highest BCUT2D eigenvalue weighted by molar-refractivity contribution is 6.03. The number of aryl methyl sites for hydroxylation is 2. The third-order valence-electron chi connectivity index (χ3n) is 4.73. The van der Waals surface area contributed by atoms with Crippen LogP contribution in [0, 0.1) is 6.92 Å². The molecule has 1 N–H and O–H groups in total. The number of benzene rings is 1. The number of carbonyl (C=O) groups is 1. The number of amides is 1. The van der Waals surface area contributed by atoms with Crippen molar-refractivity contribution < 1.29 is 9.53 Å². The maximum Gasteiger partial charge on any atom is 0.258 e. The Bertz CT molecular complexity index is 733. The monoisotopic (exact) mass is 357 g/mol. The van der Waals surface area contributed by atoms with Crippen LogP contribution in [0.4, 0.5) is 5.95 Å². The average Bonchev–Trinajstić information content (AvgIpc) is 3.24. The number of nitrogens with zero attached hydrogens (tertiary/aromatic N) is 4. The van der Waals surface area contributed by atoms with Crippen molar-refractivity contribution in [2.75, 3.05) is 25.0 Å². The molecule has 26 heavy (non-hydrogen) atoms. The number of anilines is 1. The maximum absolute atomic E-state index is 12.5. The van der Waals surface area contributed by atoms with Gasteiger partial charge in [0.2, 0.25) is 5.95 Å². The lowest BCUT2D eigenvalue weighted by atomic mass is 10.1. The third-order valence-corrected chi connectivity index (χ3v) is 4.73. The van der Waals surface area contributed by atoms with Crippen molar-refractivity contribution in [1.29, 1.82) is 0 Å². The first-order chi connectivity index (χ1) is 12.5. The summed E-state index contributed by atoms with van der Waals surface area (Å²) in [6.07, 6.45) is 2.62. The van der Waals surface area contributed by atoms with E-state index in [9.17, 15) is 4.79 Å². The molecule has 3 rings (SSSR count). The fourth-order valence-electron chi connectivity index (χ4n) is 3.14. The molecule has 1 aliphatic heterocycles. The van der Waals surface area contributed by atoms with Gasteiger partial charge in [0.15, 0.2) is 0 Å². The van der Waals surface area contributed by atoms with Gasteiger partial charge >= 0.3 is 0 Å². The Hall–Kier alpha value is -2.25. The van der Waals surface area contributed by atoms with E-state index in [1.807, 2.05) is 25.1 Å². The van der Waals surface area contributed by atoms with E-state index in [0.29, 0.717) is 17.6 Å². The molecule has 7 heteroatoms. The Labute approximate surface area is 154 Å². The van der Waals surface area contributed by atoms with Crippen molar-refractivity contribution in [3.8, 4) is 0 Å². The first-order valence-corrected chi connectivity index (χ1v) is 9.17. The zero-order chi connectivity index (χ0) is 18.5. The van der Waals surface area contributed by atoms with Crippen molar-refractivity contribution in [3.05, 3.63) is 41.2 Å². The van der Waals surface area contributed by atoms with Crippen LogP contribution in [0.5, 0.6) is 0 Å². The molecular weight excluding hydrogens is 330 g/mol. The van der Waals surface area contributed by atoms with Gasteiger partial charge in [-0.2, -0.15) is 4.98 Å². The molecule has 1 saturated heterocycles. The molecule has 2 aromatic rings. The van der Waals surface area contributed by atoms with Gasteiger partial charge in [-0.3, -0.25) is 19.7 Å². The molecule has 0 saturated carbocycles. The van der Waals surface area contributed by atoms with Crippen LogP contribution in [0.25, 0.3) is 0 Å². The first kappa shape index (κ1) is 18.5. The Morgan fingerprint density at radius 1 is 1.46 bits per heavy atom. The number of nitrogens with one attached hydrogen (secondary N) is 1. The van der Waals surface area contributed by atoms with Crippen LogP contribution >= 0.6 is 0 Å². The zero-order valence-corrected chi connectivity index (χ0v) is 15.7. The molecule has 1 fully saturated rings. The molecule has 140 valence electrons. The van der Waals surface area contributed by atoms with Gasteiger partial charge in [-0.05, 0) is 44.0 Å². The summed E-state index contributed by atoms with van der Waals surface area (Å²) in [5, 5.41) is 6.93. The summed E-state index contributed by atoms with van der Waals surface area (Å²) in [5.41, 5.74) is 1.73. The summed E-state index contributed by atoms with van der Waals surface area (Å²) < 4.78 is 7.38. The minimum Gasteiger partial charge on any atom is -0.377 e. The van der Waals surface area contributed by atoms with E-state index in [0.717, 1.165) is 50.5 Å². The summed E-state index contributed by atoms with van der Waals surface area (Å²) in [6, 6.07) is 7.72. The van der Waals surface area contributed by atoms with Crippen molar-refractivity contribution in [1.82, 2.24) is 19.7 Å². The molecule has 7 nitrogen and oxygen atoms in total. The summed E-state index contributed by atoms with van der Waals surface area (Å²) >= 11 is 0. The first-order valence-electron chi connectivity index (χ1n) is 9.17. The summed E-state index contributed by atoms with van der Waals surface area (Å²) in [7, 11) is 1.80. The van der Waals surface area contributed by atoms with E-state index in [-0.39, 0.29) is 5.91 Å². The predicted molar refractivity (Wildman–Crippen MR) is 100 cm³/mol. The van der Waals surface area contributed by atoms with Gasteiger partial charge in [-0.1, -0.05) is 19.1 Å². The Kier molecular flexibility index (Phi) is 6.00. The van der Waals surface area contributed by atoms with Crippen molar-refractivity contribution in [3.63, 3.8) is 0 Å². The number of ether oxygens (including phenoxy) is 1. The largest absolute Gasteiger partial charge is 0.377 e. The zero-order valence-electron chi connectivity index (χ0n) is 15.7. The lowest BCUT2D eigenvalue weighted by Crippen LogP contribution is -2.31. The molecule has 1 atom stereocenters. The van der Waals surface area contributed by atoms with Crippen molar-refractivity contribution in [2.45, 2.75) is 39.3 Å². The quantitative estimate of drug-likeness (QED) is 0.824. The number of carbonyl (C=O) groups excluding carboxylic acids is 1. The smallest absolute Gasteiger partial charge is 0.258 e. The second-order valence-corrected chi connectivity index (χ2v) is 6.72. The highest BCUT2D eigenvalue weighted by Gasteiger charge is 2.19. The molecule has 2 heterocycles. The highest BCUT2D eigenvalue weighted by atomic mass is 16.5. The van der Waals surface area contributed by atoms with Gasteiger partial charge in [-0.15, -0.1) is 5.10 Å². The van der Waals surface area contributed by atoms with Crippen molar-refractivity contribution in [2.24, 2.45) is 7.05 Å². The average molecular weight is 357 g/mol. The van der Waals surface area contributed by atoms with Gasteiger partial charge < -0.3 is 4.74 Å². The molecule has 0 aliphatic carbocycles.